The Morgan fingerprint density at radius 2 is 1.90 bits per heavy atom. The summed E-state index contributed by atoms with van der Waals surface area (Å²) in [6.45, 7) is 5.98. The van der Waals surface area contributed by atoms with Gasteiger partial charge in [0, 0.05) is 11.6 Å². The molecule has 21 heavy (non-hydrogen) atoms. The van der Waals surface area contributed by atoms with Gasteiger partial charge in [0.1, 0.15) is 11.6 Å². The molecule has 1 heterocycles. The third-order valence-electron chi connectivity index (χ3n) is 3.56. The van der Waals surface area contributed by atoms with E-state index in [1.54, 1.807) is 12.1 Å². The molecule has 0 unspecified atom stereocenters. The first-order chi connectivity index (χ1) is 9.97. The summed E-state index contributed by atoms with van der Waals surface area (Å²) >= 11 is 0. The Morgan fingerprint density at radius 1 is 1.14 bits per heavy atom. The normalized spacial score (nSPS) is 11.5. The van der Waals surface area contributed by atoms with Crippen LogP contribution in [0.5, 0.6) is 0 Å². The van der Waals surface area contributed by atoms with Crippen molar-refractivity contribution in [3.63, 3.8) is 0 Å². The molecule has 3 rings (SSSR count). The Morgan fingerprint density at radius 3 is 2.57 bits per heavy atom. The summed E-state index contributed by atoms with van der Waals surface area (Å²) in [5.41, 5.74) is 9.57. The lowest BCUT2D eigenvalue weighted by molar-refractivity contribution is 0.612. The summed E-state index contributed by atoms with van der Waals surface area (Å²) in [5, 5.41) is 0. The van der Waals surface area contributed by atoms with Crippen molar-refractivity contribution in [3.05, 3.63) is 53.6 Å². The number of fused-ring (bicyclic) bond motifs is 1. The Balaban J connectivity index is 2.36. The molecular weight excluding hydrogens is 265 g/mol. The average Bonchev–Trinajstić information content (AvgIpc) is 2.77. The minimum absolute atomic E-state index is 0.180. The monoisotopic (exact) mass is 283 g/mol. The maximum atomic E-state index is 14.4. The first-order valence-corrected chi connectivity index (χ1v) is 7.02. The Labute approximate surface area is 123 Å². The third kappa shape index (κ3) is 2.27. The highest BCUT2D eigenvalue weighted by molar-refractivity contribution is 5.81. The van der Waals surface area contributed by atoms with E-state index in [0.717, 1.165) is 22.4 Å². The maximum Gasteiger partial charge on any atom is 0.147 e. The number of imidazole rings is 1. The van der Waals surface area contributed by atoms with Crippen molar-refractivity contribution in [1.29, 1.82) is 0 Å². The lowest BCUT2D eigenvalue weighted by Crippen LogP contribution is -2.05. The molecular formula is C17H18FN3. The maximum absolute atomic E-state index is 14.4. The van der Waals surface area contributed by atoms with Gasteiger partial charge in [0.15, 0.2) is 0 Å². The van der Waals surface area contributed by atoms with Crippen LogP contribution in [-0.2, 0) is 0 Å². The minimum atomic E-state index is -0.243. The van der Waals surface area contributed by atoms with Crippen molar-refractivity contribution in [2.75, 3.05) is 5.73 Å². The van der Waals surface area contributed by atoms with Crippen molar-refractivity contribution in [3.8, 4) is 5.69 Å². The third-order valence-corrected chi connectivity index (χ3v) is 3.56. The van der Waals surface area contributed by atoms with Gasteiger partial charge < -0.3 is 5.73 Å². The smallest absolute Gasteiger partial charge is 0.147 e. The number of nitrogen functional groups attached to an aromatic ring is 1. The van der Waals surface area contributed by atoms with Crippen LogP contribution in [0.2, 0.25) is 0 Å². The summed E-state index contributed by atoms with van der Waals surface area (Å²) in [5.74, 6) is 0.769. The van der Waals surface area contributed by atoms with E-state index in [-0.39, 0.29) is 11.7 Å². The van der Waals surface area contributed by atoms with Crippen molar-refractivity contribution < 1.29 is 4.39 Å². The van der Waals surface area contributed by atoms with Gasteiger partial charge in [-0.05, 0) is 42.8 Å². The second-order valence-electron chi connectivity index (χ2n) is 5.66. The van der Waals surface area contributed by atoms with Gasteiger partial charge in [-0.3, -0.25) is 4.57 Å². The van der Waals surface area contributed by atoms with Gasteiger partial charge in [0.05, 0.1) is 16.7 Å². The fourth-order valence-electron chi connectivity index (χ4n) is 2.55. The standard InChI is InChI=1S/C17H18FN3/c1-10(2)17-20-14-9-12(19)5-7-16(14)21(17)15-6-4-11(3)8-13(15)18/h4-10H,19H2,1-3H3. The van der Waals surface area contributed by atoms with Gasteiger partial charge in [-0.2, -0.15) is 0 Å². The van der Waals surface area contributed by atoms with E-state index in [4.69, 9.17) is 5.73 Å². The SMILES string of the molecule is Cc1ccc(-n2c(C(C)C)nc3cc(N)ccc32)c(F)c1. The summed E-state index contributed by atoms with van der Waals surface area (Å²) < 4.78 is 16.3. The molecule has 0 saturated carbocycles. The number of aryl methyl sites for hydroxylation is 1. The van der Waals surface area contributed by atoms with Crippen LogP contribution in [0.25, 0.3) is 16.7 Å². The Bertz CT molecular complexity index is 818. The van der Waals surface area contributed by atoms with Gasteiger partial charge >= 0.3 is 0 Å². The topological polar surface area (TPSA) is 43.8 Å². The summed E-state index contributed by atoms with van der Waals surface area (Å²) in [6.07, 6.45) is 0. The molecule has 0 fully saturated rings. The molecule has 0 radical (unpaired) electrons. The van der Waals surface area contributed by atoms with Crippen LogP contribution in [0.15, 0.2) is 36.4 Å². The van der Waals surface area contributed by atoms with Crippen LogP contribution >= 0.6 is 0 Å². The molecule has 1 aromatic heterocycles. The first kappa shape index (κ1) is 13.6. The van der Waals surface area contributed by atoms with Crippen LogP contribution < -0.4 is 5.73 Å². The number of aromatic nitrogens is 2. The van der Waals surface area contributed by atoms with Crippen molar-refractivity contribution in [2.24, 2.45) is 0 Å². The Kier molecular flexibility index (Phi) is 3.16. The van der Waals surface area contributed by atoms with Gasteiger partial charge in [0.2, 0.25) is 0 Å². The van der Waals surface area contributed by atoms with Crippen molar-refractivity contribution in [2.45, 2.75) is 26.7 Å². The van der Waals surface area contributed by atoms with E-state index in [2.05, 4.69) is 4.98 Å². The number of hydrogen-bond donors (Lipinski definition) is 1. The molecule has 0 spiro atoms. The summed E-state index contributed by atoms with van der Waals surface area (Å²) in [6, 6.07) is 10.8. The zero-order chi connectivity index (χ0) is 15.1. The largest absolute Gasteiger partial charge is 0.399 e. The van der Waals surface area contributed by atoms with Crippen LogP contribution in [0.1, 0.15) is 31.2 Å². The van der Waals surface area contributed by atoms with E-state index >= 15 is 0 Å². The highest BCUT2D eigenvalue weighted by Gasteiger charge is 2.17. The molecule has 108 valence electrons. The van der Waals surface area contributed by atoms with E-state index in [9.17, 15) is 4.39 Å². The average molecular weight is 283 g/mol. The molecule has 4 heteroatoms. The van der Waals surface area contributed by atoms with Gasteiger partial charge in [-0.25, -0.2) is 9.37 Å². The number of nitrogens with zero attached hydrogens (tertiary/aromatic N) is 2. The molecule has 0 aliphatic heterocycles. The van der Waals surface area contributed by atoms with Crippen LogP contribution in [0.3, 0.4) is 0 Å². The number of hydrogen-bond acceptors (Lipinski definition) is 2. The highest BCUT2D eigenvalue weighted by Crippen LogP contribution is 2.28. The fraction of sp³-hybridized carbons (Fsp3) is 0.235. The van der Waals surface area contributed by atoms with E-state index < -0.39 is 0 Å². The molecule has 3 nitrogen and oxygen atoms in total. The number of benzene rings is 2. The summed E-state index contributed by atoms with van der Waals surface area (Å²) in [4.78, 5) is 4.63. The number of nitrogens with two attached hydrogens (primary N) is 1. The lowest BCUT2D eigenvalue weighted by atomic mass is 10.1. The Hall–Kier alpha value is -2.36. The van der Waals surface area contributed by atoms with Gasteiger partial charge in [-0.15, -0.1) is 0 Å². The number of rotatable bonds is 2. The van der Waals surface area contributed by atoms with Gasteiger partial charge in [0.25, 0.3) is 0 Å². The predicted molar refractivity (Wildman–Crippen MR) is 84.3 cm³/mol. The number of halogens is 1. The molecule has 0 aliphatic rings. The molecule has 0 amide bonds. The van der Waals surface area contributed by atoms with Crippen molar-refractivity contribution in [1.82, 2.24) is 9.55 Å². The second-order valence-corrected chi connectivity index (χ2v) is 5.66. The highest BCUT2D eigenvalue weighted by atomic mass is 19.1. The predicted octanol–water partition coefficient (Wildman–Crippen LogP) is 4.18. The second kappa shape index (κ2) is 4.88. The molecule has 2 N–H and O–H groups in total. The van der Waals surface area contributed by atoms with Gasteiger partial charge in [-0.1, -0.05) is 19.9 Å². The van der Waals surface area contributed by atoms with Crippen LogP contribution in [0.4, 0.5) is 10.1 Å². The molecule has 0 bridgehead atoms. The minimum Gasteiger partial charge on any atom is -0.399 e. The lowest BCUT2D eigenvalue weighted by Gasteiger charge is -2.13. The molecule has 0 aliphatic carbocycles. The van der Waals surface area contributed by atoms with Crippen LogP contribution in [-0.4, -0.2) is 9.55 Å². The van der Waals surface area contributed by atoms with E-state index in [0.29, 0.717) is 11.4 Å². The fourth-order valence-corrected chi connectivity index (χ4v) is 2.55. The molecule has 0 atom stereocenters. The molecule has 0 saturated heterocycles. The van der Waals surface area contributed by atoms with Crippen molar-refractivity contribution >= 4 is 16.7 Å². The molecule has 3 aromatic rings. The van der Waals surface area contributed by atoms with E-state index in [1.165, 1.54) is 0 Å². The zero-order valence-electron chi connectivity index (χ0n) is 12.4. The number of anilines is 1. The van der Waals surface area contributed by atoms with Crippen LogP contribution in [0, 0.1) is 12.7 Å². The van der Waals surface area contributed by atoms with E-state index in [1.807, 2.05) is 49.6 Å². The summed E-state index contributed by atoms with van der Waals surface area (Å²) in [7, 11) is 0. The molecule has 2 aromatic carbocycles. The first-order valence-electron chi connectivity index (χ1n) is 7.02. The quantitative estimate of drug-likeness (QED) is 0.717. The zero-order valence-corrected chi connectivity index (χ0v) is 12.4.